The highest BCUT2D eigenvalue weighted by molar-refractivity contribution is 6.31. The van der Waals surface area contributed by atoms with Crippen LogP contribution in [0.4, 0.5) is 0 Å². The van der Waals surface area contributed by atoms with Crippen molar-refractivity contribution in [1.82, 2.24) is 4.98 Å². The Bertz CT molecular complexity index is 502. The quantitative estimate of drug-likeness (QED) is 0.905. The van der Waals surface area contributed by atoms with Gasteiger partial charge >= 0.3 is 0 Å². The van der Waals surface area contributed by atoms with Crippen LogP contribution in [-0.2, 0) is 13.2 Å². The van der Waals surface area contributed by atoms with Gasteiger partial charge in [-0.3, -0.25) is 0 Å². The van der Waals surface area contributed by atoms with Gasteiger partial charge in [0.25, 0.3) is 0 Å². The molecule has 0 amide bonds. The Labute approximate surface area is 105 Å². The second-order valence-electron chi connectivity index (χ2n) is 3.59. The van der Waals surface area contributed by atoms with Crippen LogP contribution in [0, 0.1) is 0 Å². The van der Waals surface area contributed by atoms with E-state index in [0.29, 0.717) is 24.1 Å². The first-order valence-corrected chi connectivity index (χ1v) is 5.68. The molecular formula is C13H13ClN2O. The van der Waals surface area contributed by atoms with Gasteiger partial charge in [-0.1, -0.05) is 29.8 Å². The molecule has 0 spiro atoms. The lowest BCUT2D eigenvalue weighted by molar-refractivity contribution is 0.293. The van der Waals surface area contributed by atoms with Crippen LogP contribution in [-0.4, -0.2) is 4.98 Å². The summed E-state index contributed by atoms with van der Waals surface area (Å²) < 4.78 is 5.56. The number of aromatic nitrogens is 1. The first-order chi connectivity index (χ1) is 8.29. The van der Waals surface area contributed by atoms with E-state index in [1.54, 1.807) is 6.20 Å². The summed E-state index contributed by atoms with van der Waals surface area (Å²) in [5.74, 6) is 0.563. The first-order valence-electron chi connectivity index (χ1n) is 5.31. The summed E-state index contributed by atoms with van der Waals surface area (Å²) in [4.78, 5) is 4.11. The molecule has 88 valence electrons. The minimum atomic E-state index is 0.403. The lowest BCUT2D eigenvalue weighted by atomic mass is 10.2. The van der Waals surface area contributed by atoms with Crippen LogP contribution in [0.3, 0.4) is 0 Å². The van der Waals surface area contributed by atoms with E-state index in [9.17, 15) is 0 Å². The van der Waals surface area contributed by atoms with Gasteiger partial charge in [0.15, 0.2) is 0 Å². The maximum absolute atomic E-state index is 6.03. The number of hydrogen-bond acceptors (Lipinski definition) is 3. The fourth-order valence-electron chi connectivity index (χ4n) is 1.42. The van der Waals surface area contributed by atoms with Crippen LogP contribution in [0.2, 0.25) is 5.02 Å². The summed E-state index contributed by atoms with van der Waals surface area (Å²) in [6, 6.07) is 11.3. The van der Waals surface area contributed by atoms with Gasteiger partial charge in [0.1, 0.15) is 6.61 Å². The zero-order valence-electron chi connectivity index (χ0n) is 9.27. The maximum atomic E-state index is 6.03. The molecule has 2 N–H and O–H groups in total. The van der Waals surface area contributed by atoms with Gasteiger partial charge in [-0.15, -0.1) is 0 Å². The average molecular weight is 249 g/mol. The summed E-state index contributed by atoms with van der Waals surface area (Å²) >= 11 is 6.03. The predicted molar refractivity (Wildman–Crippen MR) is 67.9 cm³/mol. The average Bonchev–Trinajstić information content (AvgIpc) is 2.38. The van der Waals surface area contributed by atoms with Gasteiger partial charge in [-0.2, -0.15) is 0 Å². The van der Waals surface area contributed by atoms with E-state index in [1.165, 1.54) is 0 Å². The second kappa shape index (κ2) is 5.66. The summed E-state index contributed by atoms with van der Waals surface area (Å²) in [7, 11) is 0. The van der Waals surface area contributed by atoms with E-state index < -0.39 is 0 Å². The molecule has 4 heteroatoms. The van der Waals surface area contributed by atoms with Crippen molar-refractivity contribution in [3.8, 4) is 5.88 Å². The van der Waals surface area contributed by atoms with Crippen LogP contribution >= 0.6 is 11.6 Å². The van der Waals surface area contributed by atoms with Crippen LogP contribution in [0.5, 0.6) is 5.88 Å². The molecule has 0 radical (unpaired) electrons. The summed E-state index contributed by atoms with van der Waals surface area (Å²) in [5.41, 5.74) is 7.48. The third-order valence-electron chi connectivity index (χ3n) is 2.37. The lowest BCUT2D eigenvalue weighted by Crippen LogP contribution is -2.00. The molecule has 1 aromatic carbocycles. The Kier molecular flexibility index (Phi) is 3.96. The molecule has 0 aliphatic rings. The molecule has 0 unspecified atom stereocenters. The van der Waals surface area contributed by atoms with Crippen LogP contribution in [0.15, 0.2) is 42.6 Å². The van der Waals surface area contributed by atoms with Crippen LogP contribution < -0.4 is 10.5 Å². The molecule has 0 saturated heterocycles. The Morgan fingerprint density at radius 3 is 2.82 bits per heavy atom. The largest absolute Gasteiger partial charge is 0.473 e. The Hall–Kier alpha value is -1.58. The van der Waals surface area contributed by atoms with Crippen molar-refractivity contribution in [2.24, 2.45) is 5.73 Å². The van der Waals surface area contributed by atoms with E-state index in [4.69, 9.17) is 22.1 Å². The highest BCUT2D eigenvalue weighted by atomic mass is 35.5. The van der Waals surface area contributed by atoms with Crippen molar-refractivity contribution >= 4 is 11.6 Å². The number of pyridine rings is 1. The van der Waals surface area contributed by atoms with E-state index in [2.05, 4.69) is 4.98 Å². The fourth-order valence-corrected chi connectivity index (χ4v) is 1.61. The Morgan fingerprint density at radius 1 is 1.24 bits per heavy atom. The van der Waals surface area contributed by atoms with Crippen molar-refractivity contribution in [3.63, 3.8) is 0 Å². The molecule has 0 aliphatic carbocycles. The van der Waals surface area contributed by atoms with Gasteiger partial charge in [-0.05, 0) is 17.7 Å². The molecule has 17 heavy (non-hydrogen) atoms. The highest BCUT2D eigenvalue weighted by Gasteiger charge is 2.01. The topological polar surface area (TPSA) is 48.1 Å². The van der Waals surface area contributed by atoms with Crippen molar-refractivity contribution in [2.75, 3.05) is 0 Å². The van der Waals surface area contributed by atoms with Crippen molar-refractivity contribution < 1.29 is 4.74 Å². The molecule has 0 fully saturated rings. The molecular weight excluding hydrogens is 236 g/mol. The molecule has 0 saturated carbocycles. The smallest absolute Gasteiger partial charge is 0.213 e. The normalized spacial score (nSPS) is 10.2. The van der Waals surface area contributed by atoms with E-state index >= 15 is 0 Å². The van der Waals surface area contributed by atoms with Gasteiger partial charge in [-0.25, -0.2) is 4.98 Å². The van der Waals surface area contributed by atoms with E-state index in [1.807, 2.05) is 36.4 Å². The number of nitrogens with zero attached hydrogens (tertiary/aromatic N) is 1. The molecule has 1 aromatic heterocycles. The Morgan fingerprint density at radius 2 is 2.06 bits per heavy atom. The maximum Gasteiger partial charge on any atom is 0.213 e. The van der Waals surface area contributed by atoms with Crippen molar-refractivity contribution in [2.45, 2.75) is 13.2 Å². The third kappa shape index (κ3) is 3.19. The summed E-state index contributed by atoms with van der Waals surface area (Å²) in [6.07, 6.45) is 1.68. The SMILES string of the molecule is NCc1ccnc(OCc2ccccc2Cl)c1. The standard InChI is InChI=1S/C13H13ClN2O/c14-12-4-2-1-3-11(12)9-17-13-7-10(8-15)5-6-16-13/h1-7H,8-9,15H2. The number of hydrogen-bond donors (Lipinski definition) is 1. The van der Waals surface area contributed by atoms with Crippen molar-refractivity contribution in [1.29, 1.82) is 0 Å². The zero-order valence-corrected chi connectivity index (χ0v) is 10.0. The lowest BCUT2D eigenvalue weighted by Gasteiger charge is -2.07. The minimum absolute atomic E-state index is 0.403. The van der Waals surface area contributed by atoms with Gasteiger partial charge in [0.05, 0.1) is 0 Å². The first kappa shape index (κ1) is 11.9. The van der Waals surface area contributed by atoms with Crippen molar-refractivity contribution in [3.05, 3.63) is 58.7 Å². The number of benzene rings is 1. The Balaban J connectivity index is 2.05. The number of rotatable bonds is 4. The number of ether oxygens (including phenoxy) is 1. The zero-order chi connectivity index (χ0) is 12.1. The molecule has 1 heterocycles. The minimum Gasteiger partial charge on any atom is -0.473 e. The fraction of sp³-hybridized carbons (Fsp3) is 0.154. The molecule has 2 aromatic rings. The molecule has 0 aliphatic heterocycles. The third-order valence-corrected chi connectivity index (χ3v) is 2.74. The predicted octanol–water partition coefficient (Wildman–Crippen LogP) is 2.77. The molecule has 0 atom stereocenters. The van der Waals surface area contributed by atoms with Gasteiger partial charge in [0.2, 0.25) is 5.88 Å². The summed E-state index contributed by atoms with van der Waals surface area (Å²) in [5, 5.41) is 0.697. The van der Waals surface area contributed by atoms with E-state index in [-0.39, 0.29) is 0 Å². The second-order valence-corrected chi connectivity index (χ2v) is 3.99. The van der Waals surface area contributed by atoms with E-state index in [0.717, 1.165) is 11.1 Å². The summed E-state index contributed by atoms with van der Waals surface area (Å²) in [6.45, 7) is 0.881. The highest BCUT2D eigenvalue weighted by Crippen LogP contribution is 2.17. The molecule has 0 bridgehead atoms. The van der Waals surface area contributed by atoms with Gasteiger partial charge in [0, 0.05) is 29.4 Å². The van der Waals surface area contributed by atoms with Crippen LogP contribution in [0.1, 0.15) is 11.1 Å². The van der Waals surface area contributed by atoms with Gasteiger partial charge < -0.3 is 10.5 Å². The van der Waals surface area contributed by atoms with Crippen LogP contribution in [0.25, 0.3) is 0 Å². The molecule has 2 rings (SSSR count). The monoisotopic (exact) mass is 248 g/mol. The molecule has 3 nitrogen and oxygen atoms in total. The number of nitrogens with two attached hydrogens (primary N) is 1. The number of halogens is 1.